The lowest BCUT2D eigenvalue weighted by atomic mass is 10.1. The summed E-state index contributed by atoms with van der Waals surface area (Å²) >= 11 is 0. The second kappa shape index (κ2) is 7.75. The molecule has 21 heavy (non-hydrogen) atoms. The van der Waals surface area contributed by atoms with Crippen LogP contribution < -0.4 is 0 Å². The number of carbonyl (C=O) groups is 2. The van der Waals surface area contributed by atoms with Gasteiger partial charge in [0.15, 0.2) is 12.2 Å². The van der Waals surface area contributed by atoms with Crippen molar-refractivity contribution >= 4 is 11.9 Å². The maximum atomic E-state index is 11.8. The molecule has 116 valence electrons. The third kappa shape index (κ3) is 5.17. The Bertz CT molecular complexity index is 475. The van der Waals surface area contributed by atoms with Crippen LogP contribution in [-0.2, 0) is 19.1 Å². The predicted molar refractivity (Wildman–Crippen MR) is 75.2 cm³/mol. The van der Waals surface area contributed by atoms with Crippen molar-refractivity contribution in [2.24, 2.45) is 0 Å². The molecule has 0 saturated heterocycles. The summed E-state index contributed by atoms with van der Waals surface area (Å²) in [5, 5.41) is 18.8. The fourth-order valence-electron chi connectivity index (χ4n) is 1.50. The number of hydrogen-bond donors (Lipinski definition) is 2. The molecular formula is C15H20O6. The van der Waals surface area contributed by atoms with E-state index in [1.807, 2.05) is 0 Å². The van der Waals surface area contributed by atoms with Crippen LogP contribution >= 0.6 is 0 Å². The van der Waals surface area contributed by atoms with E-state index in [1.165, 1.54) is 31.2 Å². The molecule has 0 spiro atoms. The highest BCUT2D eigenvalue weighted by molar-refractivity contribution is 5.88. The van der Waals surface area contributed by atoms with E-state index < -0.39 is 36.4 Å². The average molecular weight is 296 g/mol. The third-order valence-electron chi connectivity index (χ3n) is 2.99. The normalized spacial score (nSPS) is 23.0. The molecule has 1 aliphatic rings. The van der Waals surface area contributed by atoms with Gasteiger partial charge < -0.3 is 19.7 Å². The van der Waals surface area contributed by atoms with E-state index in [2.05, 4.69) is 0 Å². The Morgan fingerprint density at radius 3 is 2.57 bits per heavy atom. The maximum absolute atomic E-state index is 11.8. The lowest BCUT2D eigenvalue weighted by Crippen LogP contribution is -2.30. The Hall–Kier alpha value is -1.92. The summed E-state index contributed by atoms with van der Waals surface area (Å²) in [5.74, 6) is -1.07. The smallest absolute Gasteiger partial charge is 0.334 e. The van der Waals surface area contributed by atoms with E-state index in [0.717, 1.165) is 0 Å². The second-order valence-corrected chi connectivity index (χ2v) is 4.72. The molecule has 0 amide bonds. The largest absolute Gasteiger partial charge is 0.451 e. The number of hydrogen-bond acceptors (Lipinski definition) is 6. The Morgan fingerprint density at radius 1 is 1.43 bits per heavy atom. The first kappa shape index (κ1) is 17.1. The predicted octanol–water partition coefficient (Wildman–Crippen LogP) is 0.644. The van der Waals surface area contributed by atoms with Gasteiger partial charge in [0.2, 0.25) is 0 Å². The summed E-state index contributed by atoms with van der Waals surface area (Å²) in [6.07, 6.45) is 3.33. The monoisotopic (exact) mass is 296 g/mol. The van der Waals surface area contributed by atoms with E-state index >= 15 is 0 Å². The van der Waals surface area contributed by atoms with Gasteiger partial charge in [-0.1, -0.05) is 12.2 Å². The third-order valence-corrected chi connectivity index (χ3v) is 2.99. The molecule has 0 fully saturated rings. The van der Waals surface area contributed by atoms with Crippen LogP contribution in [0.15, 0.2) is 36.0 Å². The average Bonchev–Trinajstić information content (AvgIpc) is 2.87. The van der Waals surface area contributed by atoms with Crippen molar-refractivity contribution in [3.63, 3.8) is 0 Å². The standard InChI is InChI=1S/C15H20O6/c1-4-9(2)15(19)21-13(6-5-11(17)10(3)16)12-7-8-14(18)20-12/h4-8,10-13,16-17H,1-3H3/b6-5+,9-4+/t10-,11+,12+,13+/m1/s1. The first-order valence-electron chi connectivity index (χ1n) is 6.62. The van der Waals surface area contributed by atoms with Crippen LogP contribution in [0.3, 0.4) is 0 Å². The summed E-state index contributed by atoms with van der Waals surface area (Å²) < 4.78 is 10.2. The molecule has 0 saturated carbocycles. The van der Waals surface area contributed by atoms with Crippen molar-refractivity contribution in [2.45, 2.75) is 45.2 Å². The minimum Gasteiger partial charge on any atom is -0.451 e. The highest BCUT2D eigenvalue weighted by Gasteiger charge is 2.28. The van der Waals surface area contributed by atoms with Crippen molar-refractivity contribution in [1.82, 2.24) is 0 Å². The molecule has 0 aromatic heterocycles. The van der Waals surface area contributed by atoms with Crippen LogP contribution in [0.1, 0.15) is 20.8 Å². The molecule has 1 heterocycles. The van der Waals surface area contributed by atoms with Gasteiger partial charge in [-0.05, 0) is 32.9 Å². The van der Waals surface area contributed by atoms with Crippen molar-refractivity contribution in [3.05, 3.63) is 36.0 Å². The number of allylic oxidation sites excluding steroid dienone is 1. The highest BCUT2D eigenvalue weighted by Crippen LogP contribution is 2.16. The molecule has 0 aliphatic carbocycles. The Labute approximate surface area is 123 Å². The van der Waals surface area contributed by atoms with Crippen LogP contribution in [0.4, 0.5) is 0 Å². The topological polar surface area (TPSA) is 93.1 Å². The number of rotatable bonds is 6. The van der Waals surface area contributed by atoms with Crippen molar-refractivity contribution in [1.29, 1.82) is 0 Å². The lowest BCUT2D eigenvalue weighted by molar-refractivity contribution is -0.153. The summed E-state index contributed by atoms with van der Waals surface area (Å²) in [6.45, 7) is 4.73. The quantitative estimate of drug-likeness (QED) is 0.424. The second-order valence-electron chi connectivity index (χ2n) is 4.72. The molecule has 1 aliphatic heterocycles. The summed E-state index contributed by atoms with van der Waals surface area (Å²) in [7, 11) is 0. The Balaban J connectivity index is 2.82. The lowest BCUT2D eigenvalue weighted by Gasteiger charge is -2.20. The van der Waals surface area contributed by atoms with E-state index in [0.29, 0.717) is 5.57 Å². The molecule has 6 heteroatoms. The van der Waals surface area contributed by atoms with Gasteiger partial charge in [-0.15, -0.1) is 0 Å². The maximum Gasteiger partial charge on any atom is 0.334 e. The van der Waals surface area contributed by atoms with Gasteiger partial charge >= 0.3 is 11.9 Å². The first-order valence-corrected chi connectivity index (χ1v) is 6.62. The molecule has 4 atom stereocenters. The van der Waals surface area contributed by atoms with E-state index in [4.69, 9.17) is 9.47 Å². The van der Waals surface area contributed by atoms with Gasteiger partial charge in [-0.3, -0.25) is 0 Å². The minimum atomic E-state index is -1.10. The van der Waals surface area contributed by atoms with E-state index in [-0.39, 0.29) is 0 Å². The number of ether oxygens (including phenoxy) is 2. The van der Waals surface area contributed by atoms with Crippen molar-refractivity contribution < 1.29 is 29.3 Å². The van der Waals surface area contributed by atoms with Crippen molar-refractivity contribution in [2.75, 3.05) is 0 Å². The number of carbonyl (C=O) groups excluding carboxylic acids is 2. The first-order chi connectivity index (χ1) is 9.85. The molecule has 0 aromatic rings. The van der Waals surface area contributed by atoms with Gasteiger partial charge in [-0.2, -0.15) is 0 Å². The molecule has 0 radical (unpaired) electrons. The molecule has 0 aromatic carbocycles. The fraction of sp³-hybridized carbons (Fsp3) is 0.467. The van der Waals surface area contributed by atoms with Gasteiger partial charge in [0.1, 0.15) is 0 Å². The Morgan fingerprint density at radius 2 is 2.10 bits per heavy atom. The van der Waals surface area contributed by atoms with Crippen LogP contribution in [0.2, 0.25) is 0 Å². The number of esters is 2. The van der Waals surface area contributed by atoms with Crippen LogP contribution in [0.25, 0.3) is 0 Å². The van der Waals surface area contributed by atoms with Crippen molar-refractivity contribution in [3.8, 4) is 0 Å². The van der Waals surface area contributed by atoms with E-state index in [9.17, 15) is 19.8 Å². The number of cyclic esters (lactones) is 1. The Kier molecular flexibility index (Phi) is 6.33. The SMILES string of the molecule is C/C=C(\C)C(=O)O[C@@H](/C=C/[C@H](O)[C@@H](C)O)[C@@H]1C=CC(=O)O1. The zero-order chi connectivity index (χ0) is 16.0. The number of aliphatic hydroxyl groups is 2. The summed E-state index contributed by atoms with van der Waals surface area (Å²) in [5.41, 5.74) is 0.415. The van der Waals surface area contributed by atoms with Gasteiger partial charge in [0.25, 0.3) is 0 Å². The van der Waals surface area contributed by atoms with E-state index in [1.54, 1.807) is 19.9 Å². The zero-order valence-electron chi connectivity index (χ0n) is 12.2. The van der Waals surface area contributed by atoms with Crippen LogP contribution in [0.5, 0.6) is 0 Å². The molecule has 0 bridgehead atoms. The zero-order valence-corrected chi connectivity index (χ0v) is 12.2. The summed E-state index contributed by atoms with van der Waals surface area (Å²) in [4.78, 5) is 22.9. The van der Waals surface area contributed by atoms with Gasteiger partial charge in [0, 0.05) is 11.6 Å². The van der Waals surface area contributed by atoms with Crippen LogP contribution in [0, 0.1) is 0 Å². The minimum absolute atomic E-state index is 0.415. The van der Waals surface area contributed by atoms with Gasteiger partial charge in [-0.25, -0.2) is 9.59 Å². The molecular weight excluding hydrogens is 276 g/mol. The van der Waals surface area contributed by atoms with Gasteiger partial charge in [0.05, 0.1) is 12.2 Å². The molecule has 2 N–H and O–H groups in total. The highest BCUT2D eigenvalue weighted by atomic mass is 16.6. The fourth-order valence-corrected chi connectivity index (χ4v) is 1.50. The van der Waals surface area contributed by atoms with Crippen LogP contribution in [-0.4, -0.2) is 46.6 Å². The molecule has 6 nitrogen and oxygen atoms in total. The molecule has 1 rings (SSSR count). The number of aliphatic hydroxyl groups excluding tert-OH is 2. The summed E-state index contributed by atoms with van der Waals surface area (Å²) in [6, 6.07) is 0. The molecule has 0 unspecified atom stereocenters.